The van der Waals surface area contributed by atoms with Gasteiger partial charge in [-0.1, -0.05) is 0 Å². The molecule has 1 aliphatic carbocycles. The Morgan fingerprint density at radius 1 is 1.18 bits per heavy atom. The number of Topliss-reactive ketones (excluding diaryl/α,β-unsaturated/α-hetero) is 1. The predicted octanol–water partition coefficient (Wildman–Crippen LogP) is 3.16. The number of thioether (sulfide) groups is 1. The highest BCUT2D eigenvalue weighted by Gasteiger charge is 2.25. The van der Waals surface area contributed by atoms with E-state index in [1.807, 2.05) is 36.0 Å². The zero-order valence-electron chi connectivity index (χ0n) is 9.72. The summed E-state index contributed by atoms with van der Waals surface area (Å²) in [5.41, 5.74) is 0.834. The van der Waals surface area contributed by atoms with E-state index < -0.39 is 0 Å². The Morgan fingerprint density at radius 2 is 1.94 bits per heavy atom. The summed E-state index contributed by atoms with van der Waals surface area (Å²) in [4.78, 5) is 12.1. The third kappa shape index (κ3) is 2.65. The molecule has 1 unspecified atom stereocenters. The van der Waals surface area contributed by atoms with Crippen LogP contribution >= 0.6 is 11.8 Å². The molecule has 17 heavy (non-hydrogen) atoms. The van der Waals surface area contributed by atoms with Gasteiger partial charge < -0.3 is 4.74 Å². The van der Waals surface area contributed by atoms with E-state index in [1.165, 1.54) is 12.8 Å². The molecule has 0 amide bonds. The zero-order chi connectivity index (χ0) is 11.7. The second kappa shape index (κ2) is 4.73. The van der Waals surface area contributed by atoms with Gasteiger partial charge in [0.1, 0.15) is 5.75 Å². The molecule has 0 bridgehead atoms. The number of ketones is 1. The van der Waals surface area contributed by atoms with Crippen LogP contribution < -0.4 is 4.74 Å². The summed E-state index contributed by atoms with van der Waals surface area (Å²) in [7, 11) is 0. The van der Waals surface area contributed by atoms with Crippen molar-refractivity contribution in [2.24, 2.45) is 5.92 Å². The van der Waals surface area contributed by atoms with Crippen molar-refractivity contribution in [3.63, 3.8) is 0 Å². The van der Waals surface area contributed by atoms with Gasteiger partial charge in [-0.2, -0.15) is 11.8 Å². The fourth-order valence-electron chi connectivity index (χ4n) is 2.05. The Kier molecular flexibility index (Phi) is 3.10. The van der Waals surface area contributed by atoms with E-state index in [9.17, 15) is 4.79 Å². The van der Waals surface area contributed by atoms with Gasteiger partial charge >= 0.3 is 0 Å². The fraction of sp³-hybridized carbons (Fsp3) is 0.500. The van der Waals surface area contributed by atoms with Crippen LogP contribution in [0.25, 0.3) is 0 Å². The van der Waals surface area contributed by atoms with Crippen molar-refractivity contribution in [1.29, 1.82) is 0 Å². The highest BCUT2D eigenvalue weighted by molar-refractivity contribution is 7.99. The summed E-state index contributed by atoms with van der Waals surface area (Å²) >= 11 is 1.88. The Bertz CT molecular complexity index is 403. The number of carbonyl (C=O) groups is 1. The molecule has 2 aliphatic rings. The lowest BCUT2D eigenvalue weighted by Gasteiger charge is -2.08. The SMILES string of the molecule is O=C(c1ccc(OC2CC2)cc1)C1CCSC1. The Morgan fingerprint density at radius 3 is 2.53 bits per heavy atom. The first-order valence-corrected chi connectivity index (χ1v) is 7.37. The maximum Gasteiger partial charge on any atom is 0.166 e. The van der Waals surface area contributed by atoms with Gasteiger partial charge in [-0.25, -0.2) is 0 Å². The zero-order valence-corrected chi connectivity index (χ0v) is 10.5. The highest BCUT2D eigenvalue weighted by Crippen LogP contribution is 2.29. The minimum absolute atomic E-state index is 0.232. The monoisotopic (exact) mass is 248 g/mol. The van der Waals surface area contributed by atoms with Gasteiger partial charge in [0, 0.05) is 17.2 Å². The predicted molar refractivity (Wildman–Crippen MR) is 69.9 cm³/mol. The molecule has 1 aromatic carbocycles. The number of ether oxygens (including phenoxy) is 1. The molecular weight excluding hydrogens is 232 g/mol. The molecule has 0 aromatic heterocycles. The number of carbonyl (C=O) groups excluding carboxylic acids is 1. The van der Waals surface area contributed by atoms with Crippen LogP contribution in [0.2, 0.25) is 0 Å². The lowest BCUT2D eigenvalue weighted by molar-refractivity contribution is 0.0933. The maximum absolute atomic E-state index is 12.1. The molecule has 1 saturated carbocycles. The van der Waals surface area contributed by atoms with E-state index in [0.29, 0.717) is 11.9 Å². The molecule has 1 atom stereocenters. The van der Waals surface area contributed by atoms with Gasteiger partial charge in [0.05, 0.1) is 6.10 Å². The van der Waals surface area contributed by atoms with Gasteiger partial charge in [-0.3, -0.25) is 4.79 Å². The molecule has 1 aliphatic heterocycles. The van der Waals surface area contributed by atoms with Crippen LogP contribution in [0, 0.1) is 5.92 Å². The molecule has 3 heteroatoms. The minimum atomic E-state index is 0.232. The Labute approximate surface area is 106 Å². The Hall–Kier alpha value is -0.960. The first-order valence-electron chi connectivity index (χ1n) is 6.21. The van der Waals surface area contributed by atoms with E-state index in [2.05, 4.69) is 0 Å². The second-order valence-electron chi connectivity index (χ2n) is 4.77. The molecule has 90 valence electrons. The molecule has 1 saturated heterocycles. The minimum Gasteiger partial charge on any atom is -0.490 e. The number of benzene rings is 1. The molecule has 2 fully saturated rings. The average molecular weight is 248 g/mol. The third-order valence-electron chi connectivity index (χ3n) is 3.27. The van der Waals surface area contributed by atoms with Gasteiger partial charge in [0.25, 0.3) is 0 Å². The average Bonchev–Trinajstić information content (AvgIpc) is 3.00. The lowest BCUT2D eigenvalue weighted by atomic mass is 9.97. The number of hydrogen-bond donors (Lipinski definition) is 0. The molecular formula is C14H16O2S. The Balaban J connectivity index is 1.67. The fourth-order valence-corrected chi connectivity index (χ4v) is 3.27. The van der Waals surface area contributed by atoms with Crippen molar-refractivity contribution < 1.29 is 9.53 Å². The van der Waals surface area contributed by atoms with E-state index in [-0.39, 0.29) is 5.92 Å². The third-order valence-corrected chi connectivity index (χ3v) is 4.43. The van der Waals surface area contributed by atoms with Crippen LogP contribution in [0.4, 0.5) is 0 Å². The normalized spacial score (nSPS) is 23.6. The van der Waals surface area contributed by atoms with Crippen LogP contribution in [-0.4, -0.2) is 23.4 Å². The van der Waals surface area contributed by atoms with Crippen molar-refractivity contribution in [3.05, 3.63) is 29.8 Å². The van der Waals surface area contributed by atoms with E-state index >= 15 is 0 Å². The van der Waals surface area contributed by atoms with Crippen molar-refractivity contribution >= 4 is 17.5 Å². The summed E-state index contributed by atoms with van der Waals surface area (Å²) < 4.78 is 5.67. The molecule has 0 radical (unpaired) electrons. The van der Waals surface area contributed by atoms with Gasteiger partial charge in [-0.15, -0.1) is 0 Å². The summed E-state index contributed by atoms with van der Waals surface area (Å²) in [6, 6.07) is 7.66. The highest BCUT2D eigenvalue weighted by atomic mass is 32.2. The molecule has 2 nitrogen and oxygen atoms in total. The quantitative estimate of drug-likeness (QED) is 0.766. The summed E-state index contributed by atoms with van der Waals surface area (Å²) in [6.45, 7) is 0. The van der Waals surface area contributed by atoms with Crippen molar-refractivity contribution in [2.75, 3.05) is 11.5 Å². The van der Waals surface area contributed by atoms with E-state index in [0.717, 1.165) is 29.2 Å². The molecule has 1 heterocycles. The van der Waals surface area contributed by atoms with Crippen LogP contribution in [-0.2, 0) is 0 Å². The summed E-state index contributed by atoms with van der Waals surface area (Å²) in [5, 5.41) is 0. The molecule has 0 N–H and O–H groups in total. The summed E-state index contributed by atoms with van der Waals surface area (Å²) in [6.07, 6.45) is 3.78. The maximum atomic E-state index is 12.1. The van der Waals surface area contributed by atoms with Gasteiger partial charge in [0.2, 0.25) is 0 Å². The van der Waals surface area contributed by atoms with Gasteiger partial charge in [0.15, 0.2) is 5.78 Å². The first-order chi connectivity index (χ1) is 8.33. The molecule has 3 rings (SSSR count). The number of rotatable bonds is 4. The topological polar surface area (TPSA) is 26.3 Å². The van der Waals surface area contributed by atoms with Crippen LogP contribution in [0.15, 0.2) is 24.3 Å². The van der Waals surface area contributed by atoms with Crippen molar-refractivity contribution in [2.45, 2.75) is 25.4 Å². The van der Waals surface area contributed by atoms with E-state index in [4.69, 9.17) is 4.74 Å². The van der Waals surface area contributed by atoms with Crippen molar-refractivity contribution in [1.82, 2.24) is 0 Å². The van der Waals surface area contributed by atoms with Crippen molar-refractivity contribution in [3.8, 4) is 5.75 Å². The lowest BCUT2D eigenvalue weighted by Crippen LogP contribution is -2.13. The molecule has 0 spiro atoms. The first kappa shape index (κ1) is 11.1. The smallest absolute Gasteiger partial charge is 0.166 e. The van der Waals surface area contributed by atoms with E-state index in [1.54, 1.807) is 0 Å². The van der Waals surface area contributed by atoms with Crippen LogP contribution in [0.3, 0.4) is 0 Å². The molecule has 1 aromatic rings. The number of hydrogen-bond acceptors (Lipinski definition) is 3. The van der Waals surface area contributed by atoms with Crippen LogP contribution in [0.1, 0.15) is 29.6 Å². The largest absolute Gasteiger partial charge is 0.490 e. The van der Waals surface area contributed by atoms with Gasteiger partial charge in [-0.05, 0) is 49.3 Å². The summed E-state index contributed by atoms with van der Waals surface area (Å²) in [5.74, 6) is 3.53. The van der Waals surface area contributed by atoms with Crippen LogP contribution in [0.5, 0.6) is 5.75 Å². The standard InChI is InChI=1S/C14H16O2S/c15-14(11-7-8-17-9-11)10-1-3-12(4-2-10)16-13-5-6-13/h1-4,11,13H,5-9H2. The second-order valence-corrected chi connectivity index (χ2v) is 5.92.